The van der Waals surface area contributed by atoms with Crippen LogP contribution in [-0.2, 0) is 21.1 Å². The Labute approximate surface area is 297 Å². The predicted octanol–water partition coefficient (Wildman–Crippen LogP) is 0.953. The molecule has 2 rings (SSSR count). The topological polar surface area (TPSA) is 141 Å². The number of aromatic hydroxyl groups is 1. The minimum atomic E-state index is -4.96. The quantitative estimate of drug-likeness (QED) is 0.228. The van der Waals surface area contributed by atoms with Crippen molar-refractivity contribution in [2.45, 2.75) is 24.3 Å². The third-order valence-electron chi connectivity index (χ3n) is 3.61. The summed E-state index contributed by atoms with van der Waals surface area (Å²) in [5, 5.41) is 9.25. The summed E-state index contributed by atoms with van der Waals surface area (Å²) in [6.45, 7) is 0. The number of phenolic OH excluding ortho intramolecular Hbond substituents is 1. The van der Waals surface area contributed by atoms with E-state index in [9.17, 15) is 18.1 Å². The van der Waals surface area contributed by atoms with Crippen LogP contribution in [0.25, 0.3) is 0 Å². The van der Waals surface area contributed by atoms with E-state index < -0.39 is 22.7 Å². The van der Waals surface area contributed by atoms with Crippen molar-refractivity contribution in [3.8, 4) is 17.2 Å². The van der Waals surface area contributed by atoms with E-state index >= 15 is 0 Å². The van der Waals surface area contributed by atoms with E-state index in [4.69, 9.17) is 19.1 Å². The zero-order chi connectivity index (χ0) is 19.4. The molecule has 0 aliphatic carbocycles. The van der Waals surface area contributed by atoms with Crippen molar-refractivity contribution in [1.82, 2.24) is 0 Å². The van der Waals surface area contributed by atoms with Crippen molar-refractivity contribution in [3.63, 3.8) is 0 Å². The van der Waals surface area contributed by atoms with Gasteiger partial charge in [-0.25, -0.2) is 0 Å². The summed E-state index contributed by atoms with van der Waals surface area (Å²) in [6.07, 6.45) is 0.128. The van der Waals surface area contributed by atoms with Crippen molar-refractivity contribution in [2.24, 2.45) is 0 Å². The number of rotatable bonds is 8. The normalized spacial score (nSPS) is 12.0. The molecule has 13 heteroatoms. The van der Waals surface area contributed by atoms with Gasteiger partial charge in [-0.1, -0.05) is 12.1 Å². The molecule has 2 aromatic carbocycles. The Hall–Kier alpha value is 3.01. The van der Waals surface area contributed by atoms with Crippen LogP contribution < -0.4 is 4.74 Å². The molecule has 29 heavy (non-hydrogen) atoms. The predicted molar refractivity (Wildman–Crippen MR) is 116 cm³/mol. The number of hydrogen-bond donors (Lipinski definition) is 4. The molecule has 4 N–H and O–H groups in total. The molecule has 0 fully saturated rings. The summed E-state index contributed by atoms with van der Waals surface area (Å²) in [7, 11) is -9.80. The molecular weight excluding hydrogens is 501 g/mol. The Morgan fingerprint density at radius 2 is 1.55 bits per heavy atom. The van der Waals surface area contributed by atoms with Gasteiger partial charge in [0.2, 0.25) is 0 Å². The number of phenols is 1. The second-order valence-corrected chi connectivity index (χ2v) is 9.44. The van der Waals surface area contributed by atoms with Crippen LogP contribution in [0.3, 0.4) is 0 Å². The van der Waals surface area contributed by atoms with Gasteiger partial charge in [-0.3, -0.25) is 9.12 Å². The fourth-order valence-electron chi connectivity index (χ4n) is 2.39. The molecule has 1 atom stereocenters. The molecule has 0 aliphatic rings. The van der Waals surface area contributed by atoms with Gasteiger partial charge in [0.1, 0.15) is 17.2 Å². The van der Waals surface area contributed by atoms with Crippen molar-refractivity contribution < 1.29 is 37.2 Å². The number of aryl methyl sites for hydroxylation is 1. The van der Waals surface area contributed by atoms with Gasteiger partial charge in [-0.05, 0) is 61.2 Å². The van der Waals surface area contributed by atoms with Gasteiger partial charge >= 0.3 is 162 Å². The first-order valence-corrected chi connectivity index (χ1v) is 10.8. The van der Waals surface area contributed by atoms with Crippen molar-refractivity contribution >= 4 is 172 Å². The van der Waals surface area contributed by atoms with Gasteiger partial charge in [0.15, 0.2) is 4.99 Å². The van der Waals surface area contributed by atoms with E-state index in [0.717, 1.165) is 5.56 Å². The van der Waals surface area contributed by atoms with Crippen LogP contribution in [0, 0.1) is 0 Å². The zero-order valence-electron chi connectivity index (χ0n) is 13.6. The summed E-state index contributed by atoms with van der Waals surface area (Å²) in [6, 6.07) is 13.1. The molecule has 148 valence electrons. The van der Waals surface area contributed by atoms with E-state index in [0.29, 0.717) is 17.9 Å². The van der Waals surface area contributed by atoms with Crippen LogP contribution in [0.2, 0.25) is 0 Å². The summed E-state index contributed by atoms with van der Waals surface area (Å²) in [5.74, 6) is 1.16. The molecule has 0 saturated carbocycles. The minimum absolute atomic E-state index is 0. The molecular formula is C16H22K3O8PS. The summed E-state index contributed by atoms with van der Waals surface area (Å²) < 4.78 is 48.1. The van der Waals surface area contributed by atoms with E-state index in [-0.39, 0.29) is 173 Å². The average Bonchev–Trinajstić information content (AvgIpc) is 2.52. The van der Waals surface area contributed by atoms with Crippen LogP contribution in [0.1, 0.15) is 18.4 Å². The van der Waals surface area contributed by atoms with Crippen LogP contribution in [0.4, 0.5) is 0 Å². The molecule has 0 bridgehead atoms. The summed E-state index contributed by atoms with van der Waals surface area (Å²) >= 11 is 0. The van der Waals surface area contributed by atoms with Crippen molar-refractivity contribution in [3.05, 3.63) is 54.1 Å². The summed E-state index contributed by atoms with van der Waals surface area (Å²) in [4.78, 5) is 16.0. The molecule has 0 heterocycles. The Morgan fingerprint density at radius 3 is 2.07 bits per heavy atom. The molecule has 0 spiro atoms. The molecule has 1 unspecified atom stereocenters. The summed E-state index contributed by atoms with van der Waals surface area (Å²) in [5.41, 5.74) is 0.779. The first-order valence-electron chi connectivity index (χ1n) is 7.63. The van der Waals surface area contributed by atoms with Gasteiger partial charge in [-0.2, -0.15) is 8.42 Å². The zero-order valence-corrected chi connectivity index (χ0v) is 15.3. The SMILES string of the molecule is O=P(O)(O)C(CCCc1cccc(Oc2ccc(O)cc2)c1)S(=O)(=O)O.[KH].[KH].[KH]. The van der Waals surface area contributed by atoms with Gasteiger partial charge < -0.3 is 19.6 Å². The molecule has 0 radical (unpaired) electrons. The van der Waals surface area contributed by atoms with Gasteiger partial charge in [0, 0.05) is 0 Å². The Bertz CT molecular complexity index is 903. The Kier molecular flexibility index (Phi) is 18.6. The molecule has 0 aliphatic heterocycles. The molecule has 0 saturated heterocycles. The maximum atomic E-state index is 11.2. The third kappa shape index (κ3) is 12.9. The standard InChI is InChI=1S/C16H19O8PS.3K.3H/c17-13-7-9-14(10-8-13)24-15-5-1-3-12(11-15)4-2-6-16(25(18,19)20)26(21,22)23;;;;;;/h1,3,5,7-11,16-17H,2,4,6H2,(H2,18,19,20)(H,21,22,23);;;;;;. The Morgan fingerprint density at radius 1 is 0.966 bits per heavy atom. The van der Waals surface area contributed by atoms with E-state index in [1.165, 1.54) is 12.1 Å². The van der Waals surface area contributed by atoms with Gasteiger partial charge in [0.25, 0.3) is 10.1 Å². The Balaban J connectivity index is 0. The van der Waals surface area contributed by atoms with Crippen LogP contribution in [0.5, 0.6) is 17.2 Å². The average molecular weight is 523 g/mol. The first-order chi connectivity index (χ1) is 12.1. The molecule has 0 amide bonds. The fraction of sp³-hybridized carbons (Fsp3) is 0.250. The van der Waals surface area contributed by atoms with Crippen molar-refractivity contribution in [2.75, 3.05) is 0 Å². The molecule has 2 aromatic rings. The second-order valence-electron chi connectivity index (χ2n) is 5.69. The number of ether oxygens (including phenoxy) is 1. The van der Waals surface area contributed by atoms with E-state index in [1.54, 1.807) is 36.4 Å². The van der Waals surface area contributed by atoms with E-state index in [1.807, 2.05) is 0 Å². The monoisotopic (exact) mass is 522 g/mol. The first kappa shape index (κ1) is 34.2. The molecule has 8 nitrogen and oxygen atoms in total. The molecule has 0 aromatic heterocycles. The second kappa shape index (κ2) is 15.8. The van der Waals surface area contributed by atoms with E-state index in [2.05, 4.69) is 0 Å². The van der Waals surface area contributed by atoms with Crippen LogP contribution in [-0.4, -0.2) is 187 Å². The van der Waals surface area contributed by atoms with Crippen molar-refractivity contribution in [1.29, 1.82) is 0 Å². The van der Waals surface area contributed by atoms with Gasteiger partial charge in [-0.15, -0.1) is 0 Å². The number of benzene rings is 2. The fourth-order valence-corrected chi connectivity index (χ4v) is 4.76. The maximum absolute atomic E-state index is 11.2. The van der Waals surface area contributed by atoms with Crippen LogP contribution in [0.15, 0.2) is 48.5 Å². The third-order valence-corrected chi connectivity index (χ3v) is 7.16. The van der Waals surface area contributed by atoms with Crippen LogP contribution >= 0.6 is 7.60 Å². The number of hydrogen-bond acceptors (Lipinski definition) is 5. The van der Waals surface area contributed by atoms with Gasteiger partial charge in [0.05, 0.1) is 0 Å².